The van der Waals surface area contributed by atoms with Gasteiger partial charge in [0, 0.05) is 17.4 Å². The zero-order valence-corrected chi connectivity index (χ0v) is 11.8. The molecule has 0 spiro atoms. The highest BCUT2D eigenvalue weighted by molar-refractivity contribution is 9.10. The maximum absolute atomic E-state index is 11.8. The number of rotatable bonds is 6. The van der Waals surface area contributed by atoms with E-state index in [2.05, 4.69) is 21.2 Å². The van der Waals surface area contributed by atoms with Gasteiger partial charge in [-0.15, -0.1) is 0 Å². The molecule has 0 fully saturated rings. The van der Waals surface area contributed by atoms with E-state index >= 15 is 0 Å². The van der Waals surface area contributed by atoms with Crippen LogP contribution in [0, 0.1) is 6.92 Å². The molecule has 0 aliphatic rings. The van der Waals surface area contributed by atoms with Crippen LogP contribution in [0.1, 0.15) is 35.2 Å². The zero-order valence-electron chi connectivity index (χ0n) is 10.2. The van der Waals surface area contributed by atoms with E-state index in [9.17, 15) is 9.59 Å². The molecule has 1 aromatic rings. The summed E-state index contributed by atoms with van der Waals surface area (Å²) < 4.78 is 0.769. The molecule has 4 nitrogen and oxygen atoms in total. The Balaban J connectivity index is 2.39. The molecule has 5 heteroatoms. The predicted octanol–water partition coefficient (Wildman–Crippen LogP) is 2.74. The Morgan fingerprint density at radius 1 is 1.33 bits per heavy atom. The van der Waals surface area contributed by atoms with Crippen LogP contribution in [0.5, 0.6) is 0 Å². The highest BCUT2D eigenvalue weighted by atomic mass is 79.9. The van der Waals surface area contributed by atoms with Crippen LogP contribution in [-0.2, 0) is 4.79 Å². The van der Waals surface area contributed by atoms with E-state index in [1.807, 2.05) is 19.1 Å². The number of hydrogen-bond donors (Lipinski definition) is 2. The van der Waals surface area contributed by atoms with E-state index in [1.54, 1.807) is 6.07 Å². The second kappa shape index (κ2) is 7.16. The molecule has 18 heavy (non-hydrogen) atoms. The van der Waals surface area contributed by atoms with E-state index in [4.69, 9.17) is 5.11 Å². The van der Waals surface area contributed by atoms with Crippen LogP contribution >= 0.6 is 15.9 Å². The summed E-state index contributed by atoms with van der Waals surface area (Å²) in [6.07, 6.45) is 1.39. The summed E-state index contributed by atoms with van der Waals surface area (Å²) in [6.45, 7) is 2.45. The SMILES string of the molecule is Cc1ccc(C(=O)NCCCCC(=O)O)c(Br)c1. The number of carboxylic acids is 1. The van der Waals surface area contributed by atoms with Crippen LogP contribution in [-0.4, -0.2) is 23.5 Å². The molecule has 98 valence electrons. The number of carbonyl (C=O) groups excluding carboxylic acids is 1. The summed E-state index contributed by atoms with van der Waals surface area (Å²) in [5, 5.41) is 11.2. The minimum absolute atomic E-state index is 0.141. The van der Waals surface area contributed by atoms with Gasteiger partial charge in [-0.3, -0.25) is 9.59 Å². The number of unbranched alkanes of at least 4 members (excludes halogenated alkanes) is 1. The summed E-state index contributed by atoms with van der Waals surface area (Å²) in [5.41, 5.74) is 1.68. The topological polar surface area (TPSA) is 66.4 Å². The Morgan fingerprint density at radius 3 is 2.67 bits per heavy atom. The van der Waals surface area contributed by atoms with E-state index in [1.165, 1.54) is 0 Å². The summed E-state index contributed by atoms with van der Waals surface area (Å²) in [5.74, 6) is -0.945. The third-order valence-corrected chi connectivity index (χ3v) is 3.13. The van der Waals surface area contributed by atoms with Gasteiger partial charge in [-0.25, -0.2) is 0 Å². The van der Waals surface area contributed by atoms with Crippen molar-refractivity contribution in [2.75, 3.05) is 6.54 Å². The third kappa shape index (κ3) is 4.87. The molecule has 0 aliphatic heterocycles. The molecule has 0 radical (unpaired) electrons. The van der Waals surface area contributed by atoms with Gasteiger partial charge in [-0.1, -0.05) is 6.07 Å². The van der Waals surface area contributed by atoms with Crippen molar-refractivity contribution in [3.8, 4) is 0 Å². The van der Waals surface area contributed by atoms with Crippen molar-refractivity contribution in [3.63, 3.8) is 0 Å². The number of carboxylic acid groups (broad SMARTS) is 1. The summed E-state index contributed by atoms with van der Waals surface area (Å²) in [4.78, 5) is 22.1. The first-order chi connectivity index (χ1) is 8.50. The van der Waals surface area contributed by atoms with Gasteiger partial charge in [0.25, 0.3) is 5.91 Å². The van der Waals surface area contributed by atoms with Gasteiger partial charge in [0.05, 0.1) is 5.56 Å². The van der Waals surface area contributed by atoms with Gasteiger partial charge in [-0.05, 0) is 53.4 Å². The molecular weight excluding hydrogens is 298 g/mol. The fourth-order valence-electron chi connectivity index (χ4n) is 1.50. The van der Waals surface area contributed by atoms with Gasteiger partial charge in [0.2, 0.25) is 0 Å². The lowest BCUT2D eigenvalue weighted by Gasteiger charge is -2.07. The number of aliphatic carboxylic acids is 1. The van der Waals surface area contributed by atoms with E-state index in [0.29, 0.717) is 24.9 Å². The van der Waals surface area contributed by atoms with Crippen molar-refractivity contribution in [1.29, 1.82) is 0 Å². The van der Waals surface area contributed by atoms with Gasteiger partial charge >= 0.3 is 5.97 Å². The molecule has 2 N–H and O–H groups in total. The van der Waals surface area contributed by atoms with Crippen molar-refractivity contribution in [1.82, 2.24) is 5.32 Å². The maximum Gasteiger partial charge on any atom is 0.303 e. The first kappa shape index (κ1) is 14.7. The fourth-order valence-corrected chi connectivity index (χ4v) is 2.18. The average Bonchev–Trinajstić information content (AvgIpc) is 2.27. The molecule has 0 saturated carbocycles. The quantitative estimate of drug-likeness (QED) is 0.794. The van der Waals surface area contributed by atoms with Gasteiger partial charge in [-0.2, -0.15) is 0 Å². The van der Waals surface area contributed by atoms with Crippen LogP contribution in [0.4, 0.5) is 0 Å². The van der Waals surface area contributed by atoms with Crippen molar-refractivity contribution < 1.29 is 14.7 Å². The summed E-state index contributed by atoms with van der Waals surface area (Å²) in [7, 11) is 0. The first-order valence-corrected chi connectivity index (χ1v) is 6.56. The zero-order chi connectivity index (χ0) is 13.5. The number of hydrogen-bond acceptors (Lipinski definition) is 2. The van der Waals surface area contributed by atoms with Crippen molar-refractivity contribution in [2.24, 2.45) is 0 Å². The lowest BCUT2D eigenvalue weighted by Crippen LogP contribution is -2.24. The average molecular weight is 314 g/mol. The lowest BCUT2D eigenvalue weighted by atomic mass is 10.1. The van der Waals surface area contributed by atoms with Crippen LogP contribution in [0.15, 0.2) is 22.7 Å². The Morgan fingerprint density at radius 2 is 2.06 bits per heavy atom. The molecule has 0 aromatic heterocycles. The molecule has 0 aliphatic carbocycles. The number of halogens is 1. The number of carbonyl (C=O) groups is 2. The van der Waals surface area contributed by atoms with Gasteiger partial charge in [0.1, 0.15) is 0 Å². The monoisotopic (exact) mass is 313 g/mol. The highest BCUT2D eigenvalue weighted by Gasteiger charge is 2.09. The van der Waals surface area contributed by atoms with Crippen molar-refractivity contribution in [3.05, 3.63) is 33.8 Å². The van der Waals surface area contributed by atoms with Crippen LogP contribution < -0.4 is 5.32 Å². The highest BCUT2D eigenvalue weighted by Crippen LogP contribution is 2.18. The third-order valence-electron chi connectivity index (χ3n) is 2.47. The second-order valence-electron chi connectivity index (χ2n) is 4.09. The Hall–Kier alpha value is -1.36. The smallest absolute Gasteiger partial charge is 0.303 e. The molecule has 0 saturated heterocycles. The number of amides is 1. The molecule has 0 unspecified atom stereocenters. The number of nitrogens with one attached hydrogen (secondary N) is 1. The minimum atomic E-state index is -0.803. The molecular formula is C13H16BrNO3. The van der Waals surface area contributed by atoms with Crippen molar-refractivity contribution >= 4 is 27.8 Å². The predicted molar refractivity (Wildman–Crippen MR) is 72.7 cm³/mol. The normalized spacial score (nSPS) is 10.1. The number of benzene rings is 1. The Kier molecular flexibility index (Phi) is 5.85. The van der Waals surface area contributed by atoms with Gasteiger partial charge in [0.15, 0.2) is 0 Å². The standard InChI is InChI=1S/C13H16BrNO3/c1-9-5-6-10(11(14)8-9)13(18)15-7-3-2-4-12(16)17/h5-6,8H,2-4,7H2,1H3,(H,15,18)(H,16,17). The lowest BCUT2D eigenvalue weighted by molar-refractivity contribution is -0.137. The fraction of sp³-hybridized carbons (Fsp3) is 0.385. The first-order valence-electron chi connectivity index (χ1n) is 5.77. The molecule has 1 amide bonds. The molecule has 0 atom stereocenters. The minimum Gasteiger partial charge on any atom is -0.481 e. The van der Waals surface area contributed by atoms with E-state index < -0.39 is 5.97 Å². The maximum atomic E-state index is 11.8. The second-order valence-corrected chi connectivity index (χ2v) is 4.94. The van der Waals surface area contributed by atoms with Crippen molar-refractivity contribution in [2.45, 2.75) is 26.2 Å². The van der Waals surface area contributed by atoms with E-state index in [-0.39, 0.29) is 12.3 Å². The molecule has 0 heterocycles. The van der Waals surface area contributed by atoms with Gasteiger partial charge < -0.3 is 10.4 Å². The molecule has 1 aromatic carbocycles. The Bertz CT molecular complexity index is 446. The van der Waals surface area contributed by atoms with Crippen LogP contribution in [0.25, 0.3) is 0 Å². The van der Waals surface area contributed by atoms with Crippen LogP contribution in [0.2, 0.25) is 0 Å². The van der Waals surface area contributed by atoms with Crippen LogP contribution in [0.3, 0.4) is 0 Å². The largest absolute Gasteiger partial charge is 0.481 e. The summed E-state index contributed by atoms with van der Waals surface area (Å²) in [6, 6.07) is 5.54. The molecule has 0 bridgehead atoms. The Labute approximate surface area is 115 Å². The summed E-state index contributed by atoms with van der Waals surface area (Å²) >= 11 is 3.35. The number of aryl methyl sites for hydroxylation is 1. The van der Waals surface area contributed by atoms with E-state index in [0.717, 1.165) is 10.0 Å². The molecule has 1 rings (SSSR count).